The number of para-hydroxylation sites is 1. The third-order valence-electron chi connectivity index (χ3n) is 3.22. The molecule has 0 aliphatic carbocycles. The summed E-state index contributed by atoms with van der Waals surface area (Å²) in [6.07, 6.45) is 0. The normalized spacial score (nSPS) is 10.2. The minimum Gasteiger partial charge on any atom is -0.497 e. The Morgan fingerprint density at radius 3 is 2.71 bits per heavy atom. The first kappa shape index (κ1) is 14.8. The SMILES string of the molecule is COc1cc(C)nc(CN(C)c2ccccc2C(=N)N)c1. The van der Waals surface area contributed by atoms with Gasteiger partial charge in [0.05, 0.1) is 19.3 Å². The Hall–Kier alpha value is -2.56. The first-order valence-electron chi connectivity index (χ1n) is 6.67. The van der Waals surface area contributed by atoms with Crippen LogP contribution in [0.1, 0.15) is 17.0 Å². The van der Waals surface area contributed by atoms with E-state index in [0.29, 0.717) is 6.54 Å². The number of nitrogen functional groups attached to an aromatic ring is 1. The van der Waals surface area contributed by atoms with E-state index in [1.165, 1.54) is 0 Å². The summed E-state index contributed by atoms with van der Waals surface area (Å²) in [5.74, 6) is 0.859. The standard InChI is InChI=1S/C16H20N4O/c1-11-8-13(21-3)9-12(19-11)10-20(2)15-7-5-4-6-14(15)16(17)18/h4-9H,10H2,1-3H3,(H3,17,18). The lowest BCUT2D eigenvalue weighted by Crippen LogP contribution is -2.22. The van der Waals surface area contributed by atoms with E-state index in [4.69, 9.17) is 15.9 Å². The van der Waals surface area contributed by atoms with E-state index in [1.54, 1.807) is 7.11 Å². The molecule has 1 heterocycles. The largest absolute Gasteiger partial charge is 0.497 e. The van der Waals surface area contributed by atoms with Gasteiger partial charge in [0.1, 0.15) is 11.6 Å². The first-order valence-corrected chi connectivity index (χ1v) is 6.67. The van der Waals surface area contributed by atoms with Gasteiger partial charge in [0.25, 0.3) is 0 Å². The monoisotopic (exact) mass is 284 g/mol. The molecule has 21 heavy (non-hydrogen) atoms. The van der Waals surface area contributed by atoms with Crippen molar-refractivity contribution in [3.8, 4) is 5.75 Å². The zero-order valence-electron chi connectivity index (χ0n) is 12.6. The lowest BCUT2D eigenvalue weighted by atomic mass is 10.1. The van der Waals surface area contributed by atoms with E-state index in [0.717, 1.165) is 28.4 Å². The summed E-state index contributed by atoms with van der Waals surface area (Å²) in [6.45, 7) is 2.55. The van der Waals surface area contributed by atoms with Gasteiger partial charge in [0.15, 0.2) is 0 Å². The van der Waals surface area contributed by atoms with Gasteiger partial charge < -0.3 is 15.4 Å². The highest BCUT2D eigenvalue weighted by atomic mass is 16.5. The van der Waals surface area contributed by atoms with Crippen molar-refractivity contribution < 1.29 is 4.74 Å². The Morgan fingerprint density at radius 2 is 2.05 bits per heavy atom. The van der Waals surface area contributed by atoms with Crippen LogP contribution in [-0.4, -0.2) is 25.0 Å². The molecular formula is C16H20N4O. The van der Waals surface area contributed by atoms with Crippen LogP contribution in [0.25, 0.3) is 0 Å². The summed E-state index contributed by atoms with van der Waals surface area (Å²) >= 11 is 0. The fourth-order valence-corrected chi connectivity index (χ4v) is 2.26. The number of nitrogens with two attached hydrogens (primary N) is 1. The van der Waals surface area contributed by atoms with Gasteiger partial charge in [-0.3, -0.25) is 10.4 Å². The fraction of sp³-hybridized carbons (Fsp3) is 0.250. The highest BCUT2D eigenvalue weighted by molar-refractivity contribution is 6.00. The van der Waals surface area contributed by atoms with Gasteiger partial charge in [-0.2, -0.15) is 0 Å². The number of rotatable bonds is 5. The van der Waals surface area contributed by atoms with Gasteiger partial charge in [-0.25, -0.2) is 0 Å². The lowest BCUT2D eigenvalue weighted by molar-refractivity contribution is 0.413. The van der Waals surface area contributed by atoms with E-state index >= 15 is 0 Å². The minimum absolute atomic E-state index is 0.0623. The molecule has 2 rings (SSSR count). The molecule has 0 radical (unpaired) electrons. The van der Waals surface area contributed by atoms with Crippen LogP contribution in [0.4, 0.5) is 5.69 Å². The number of ether oxygens (including phenoxy) is 1. The van der Waals surface area contributed by atoms with Crippen molar-refractivity contribution >= 4 is 11.5 Å². The average Bonchev–Trinajstić information content (AvgIpc) is 2.46. The van der Waals surface area contributed by atoms with Gasteiger partial charge in [-0.1, -0.05) is 12.1 Å². The van der Waals surface area contributed by atoms with Crippen molar-refractivity contribution in [1.82, 2.24) is 4.98 Å². The van der Waals surface area contributed by atoms with Crippen molar-refractivity contribution in [2.75, 3.05) is 19.1 Å². The molecule has 0 amide bonds. The van der Waals surface area contributed by atoms with Gasteiger partial charge in [0, 0.05) is 36.1 Å². The predicted molar refractivity (Wildman–Crippen MR) is 85.1 cm³/mol. The van der Waals surface area contributed by atoms with Crippen LogP contribution in [0, 0.1) is 12.3 Å². The summed E-state index contributed by atoms with van der Waals surface area (Å²) in [7, 11) is 3.60. The molecule has 0 saturated carbocycles. The number of benzene rings is 1. The van der Waals surface area contributed by atoms with Gasteiger partial charge in [-0.05, 0) is 19.1 Å². The van der Waals surface area contributed by atoms with E-state index in [2.05, 4.69) is 4.98 Å². The third kappa shape index (κ3) is 3.51. The molecule has 5 nitrogen and oxygen atoms in total. The van der Waals surface area contributed by atoms with Crippen molar-refractivity contribution in [2.24, 2.45) is 5.73 Å². The van der Waals surface area contributed by atoms with Crippen molar-refractivity contribution in [3.63, 3.8) is 0 Å². The Balaban J connectivity index is 2.28. The number of aromatic nitrogens is 1. The van der Waals surface area contributed by atoms with Crippen LogP contribution in [0.3, 0.4) is 0 Å². The second-order valence-electron chi connectivity index (χ2n) is 4.93. The Kier molecular flexibility index (Phi) is 4.42. The number of amidine groups is 1. The Labute approximate surface area is 124 Å². The Bertz CT molecular complexity index is 654. The second kappa shape index (κ2) is 6.26. The third-order valence-corrected chi connectivity index (χ3v) is 3.22. The Morgan fingerprint density at radius 1 is 1.33 bits per heavy atom. The van der Waals surface area contributed by atoms with Crippen molar-refractivity contribution in [1.29, 1.82) is 5.41 Å². The van der Waals surface area contributed by atoms with Gasteiger partial charge in [-0.15, -0.1) is 0 Å². The molecule has 0 unspecified atom stereocenters. The van der Waals surface area contributed by atoms with Gasteiger partial charge >= 0.3 is 0 Å². The molecule has 2 aromatic rings. The van der Waals surface area contributed by atoms with Crippen molar-refractivity contribution in [2.45, 2.75) is 13.5 Å². The van der Waals surface area contributed by atoms with Crippen LogP contribution in [-0.2, 0) is 6.54 Å². The maximum atomic E-state index is 7.66. The minimum atomic E-state index is 0.0623. The molecule has 0 atom stereocenters. The molecule has 110 valence electrons. The summed E-state index contributed by atoms with van der Waals surface area (Å²) in [4.78, 5) is 6.54. The molecule has 1 aromatic heterocycles. The molecule has 0 fully saturated rings. The molecule has 0 saturated heterocycles. The summed E-state index contributed by atoms with van der Waals surface area (Å²) in [5.41, 5.74) is 9.09. The average molecular weight is 284 g/mol. The summed E-state index contributed by atoms with van der Waals surface area (Å²) in [6, 6.07) is 11.4. The van der Waals surface area contributed by atoms with Crippen molar-refractivity contribution in [3.05, 3.63) is 53.3 Å². The number of hydrogen-bond donors (Lipinski definition) is 2. The number of nitrogens with one attached hydrogen (secondary N) is 1. The van der Waals surface area contributed by atoms with E-state index < -0.39 is 0 Å². The lowest BCUT2D eigenvalue weighted by Gasteiger charge is -2.22. The van der Waals surface area contributed by atoms with Crippen LogP contribution in [0.5, 0.6) is 5.75 Å². The van der Waals surface area contributed by atoms with E-state index in [1.807, 2.05) is 55.3 Å². The zero-order valence-corrected chi connectivity index (χ0v) is 12.6. The molecule has 0 spiro atoms. The van der Waals surface area contributed by atoms with Crippen LogP contribution >= 0.6 is 0 Å². The fourth-order valence-electron chi connectivity index (χ4n) is 2.26. The first-order chi connectivity index (χ1) is 10.0. The van der Waals surface area contributed by atoms with Crippen LogP contribution < -0.4 is 15.4 Å². The smallest absolute Gasteiger partial charge is 0.124 e. The molecule has 1 aromatic carbocycles. The number of nitrogens with zero attached hydrogens (tertiary/aromatic N) is 2. The molecule has 0 bridgehead atoms. The number of hydrogen-bond acceptors (Lipinski definition) is 4. The summed E-state index contributed by atoms with van der Waals surface area (Å²) in [5, 5.41) is 7.66. The van der Waals surface area contributed by atoms with E-state index in [9.17, 15) is 0 Å². The highest BCUT2D eigenvalue weighted by Gasteiger charge is 2.11. The maximum absolute atomic E-state index is 7.66. The molecule has 3 N–H and O–H groups in total. The number of methoxy groups -OCH3 is 1. The van der Waals surface area contributed by atoms with Crippen LogP contribution in [0.2, 0.25) is 0 Å². The molecule has 0 aliphatic rings. The maximum Gasteiger partial charge on any atom is 0.124 e. The van der Waals surface area contributed by atoms with E-state index in [-0.39, 0.29) is 5.84 Å². The van der Waals surface area contributed by atoms with Crippen LogP contribution in [0.15, 0.2) is 36.4 Å². The molecule has 0 aliphatic heterocycles. The quantitative estimate of drug-likeness (QED) is 0.652. The zero-order chi connectivity index (χ0) is 15.4. The number of anilines is 1. The topological polar surface area (TPSA) is 75.2 Å². The molecule has 5 heteroatoms. The summed E-state index contributed by atoms with van der Waals surface area (Å²) < 4.78 is 5.27. The predicted octanol–water partition coefficient (Wildman–Crippen LogP) is 2.32. The van der Waals surface area contributed by atoms with Gasteiger partial charge in [0.2, 0.25) is 0 Å². The molecular weight excluding hydrogens is 264 g/mol. The number of aryl methyl sites for hydroxylation is 1. The number of pyridine rings is 1. The second-order valence-corrected chi connectivity index (χ2v) is 4.93. The highest BCUT2D eigenvalue weighted by Crippen LogP contribution is 2.21.